The van der Waals surface area contributed by atoms with Crippen molar-refractivity contribution in [3.05, 3.63) is 47.2 Å². The van der Waals surface area contributed by atoms with Gasteiger partial charge in [0.15, 0.2) is 12.6 Å². The maximum Gasteiger partial charge on any atom is 0.249 e. The summed E-state index contributed by atoms with van der Waals surface area (Å²) < 4.78 is 70.0. The average molecular weight is 734 g/mol. The summed E-state index contributed by atoms with van der Waals surface area (Å²) in [5.41, 5.74) is 4.74. The zero-order valence-corrected chi connectivity index (χ0v) is 32.5. The SMILES string of the molecule is COCOc1cc(-c2nc(C)c3c(N4CCCC(C#N)C4)nc(S(C)(=O)=O)nc3c2F)c2c(C#C[Si](C(C)C)(C(C)C)C(C)C)c(F)ccc2c1. The predicted molar refractivity (Wildman–Crippen MR) is 199 cm³/mol. The minimum absolute atomic E-state index is 0.0927. The first kappa shape index (κ1) is 38.1. The lowest BCUT2D eigenvalue weighted by atomic mass is 9.95. The fourth-order valence-electron chi connectivity index (χ4n) is 7.69. The molecule has 0 saturated carbocycles. The third kappa shape index (κ3) is 7.17. The molecule has 1 unspecified atom stereocenters. The molecule has 1 aliphatic heterocycles. The molecular weight excluding hydrogens is 689 g/mol. The van der Waals surface area contributed by atoms with Gasteiger partial charge in [-0.2, -0.15) is 5.26 Å². The molecule has 2 aromatic heterocycles. The molecule has 0 bridgehead atoms. The predicted octanol–water partition coefficient (Wildman–Crippen LogP) is 8.13. The quantitative estimate of drug-likeness (QED) is 0.0727. The van der Waals surface area contributed by atoms with Gasteiger partial charge in [0.1, 0.15) is 36.7 Å². The highest BCUT2D eigenvalue weighted by molar-refractivity contribution is 7.90. The van der Waals surface area contributed by atoms with Crippen molar-refractivity contribution in [3.8, 4) is 34.5 Å². The standard InChI is InChI=1S/C38H45F2N5O4SSi/c1-22(2)51(23(3)4,24(5)6)16-14-29-31(39)13-12-27-17-28(49-21-48-8)18-30(33(27)29)35-34(40)36-32(25(7)42-35)37(44-38(43-36)50(9,46)47)45-15-10-11-26(19-41)20-45/h12-13,17-18,22-24,26H,10-11,15,20-21H2,1-9H3. The van der Waals surface area contributed by atoms with Crippen LogP contribution in [0.2, 0.25) is 16.6 Å². The molecule has 0 aliphatic carbocycles. The number of halogens is 2. The van der Waals surface area contributed by atoms with Crippen molar-refractivity contribution in [1.29, 1.82) is 5.26 Å². The minimum Gasteiger partial charge on any atom is -0.468 e. The highest BCUT2D eigenvalue weighted by atomic mass is 32.2. The van der Waals surface area contributed by atoms with Crippen LogP contribution in [-0.4, -0.2) is 64.7 Å². The topological polar surface area (TPSA) is 118 Å². The Balaban J connectivity index is 1.89. The molecule has 0 spiro atoms. The van der Waals surface area contributed by atoms with Crippen molar-refractivity contribution in [2.24, 2.45) is 5.92 Å². The Morgan fingerprint density at radius 1 is 1.04 bits per heavy atom. The third-order valence-corrected chi connectivity index (χ3v) is 17.2. The van der Waals surface area contributed by atoms with Crippen molar-refractivity contribution >= 4 is 45.4 Å². The number of fused-ring (bicyclic) bond motifs is 2. The summed E-state index contributed by atoms with van der Waals surface area (Å²) >= 11 is 0. The zero-order chi connectivity index (χ0) is 37.4. The molecule has 1 atom stereocenters. The number of aryl methyl sites for hydroxylation is 1. The van der Waals surface area contributed by atoms with Gasteiger partial charge in [-0.15, -0.1) is 5.54 Å². The van der Waals surface area contributed by atoms with E-state index in [4.69, 9.17) is 14.5 Å². The number of methoxy groups -OCH3 is 1. The second-order valence-corrected chi connectivity index (χ2v) is 21.8. The lowest BCUT2D eigenvalue weighted by molar-refractivity contribution is 0.0512. The summed E-state index contributed by atoms with van der Waals surface area (Å²) in [6, 6.07) is 8.51. The summed E-state index contributed by atoms with van der Waals surface area (Å²) in [6.45, 7) is 15.4. The molecule has 2 aromatic carbocycles. The molecule has 5 rings (SSSR count). The van der Waals surface area contributed by atoms with E-state index in [9.17, 15) is 13.7 Å². The van der Waals surface area contributed by atoms with Crippen molar-refractivity contribution in [2.75, 3.05) is 38.1 Å². The molecule has 0 radical (unpaired) electrons. The van der Waals surface area contributed by atoms with E-state index < -0.39 is 34.7 Å². The van der Waals surface area contributed by atoms with Crippen LogP contribution in [0.4, 0.5) is 14.6 Å². The van der Waals surface area contributed by atoms with Crippen molar-refractivity contribution in [1.82, 2.24) is 15.0 Å². The Hall–Kier alpha value is -4.17. The number of rotatable bonds is 9. The number of aromatic nitrogens is 3. The molecule has 4 aromatic rings. The molecule has 270 valence electrons. The van der Waals surface area contributed by atoms with Gasteiger partial charge in [-0.25, -0.2) is 32.2 Å². The fourth-order valence-corrected chi connectivity index (χ4v) is 13.4. The normalized spacial score (nSPS) is 15.5. The van der Waals surface area contributed by atoms with Crippen LogP contribution in [0.3, 0.4) is 0 Å². The molecular formula is C38H45F2N5O4SSi. The van der Waals surface area contributed by atoms with Gasteiger partial charge in [0.25, 0.3) is 0 Å². The number of piperidine rings is 1. The van der Waals surface area contributed by atoms with E-state index in [2.05, 4.69) is 69.0 Å². The molecule has 3 heterocycles. The Kier molecular flexibility index (Phi) is 11.1. The van der Waals surface area contributed by atoms with Crippen LogP contribution in [0.25, 0.3) is 32.9 Å². The first-order chi connectivity index (χ1) is 24.0. The molecule has 0 amide bonds. The monoisotopic (exact) mass is 733 g/mol. The highest BCUT2D eigenvalue weighted by Crippen LogP contribution is 2.43. The van der Waals surface area contributed by atoms with E-state index in [-0.39, 0.29) is 46.3 Å². The number of nitrogens with zero attached hydrogens (tertiary/aromatic N) is 5. The molecule has 0 N–H and O–H groups in total. The minimum atomic E-state index is -3.99. The van der Waals surface area contributed by atoms with Gasteiger partial charge >= 0.3 is 0 Å². The van der Waals surface area contributed by atoms with Crippen LogP contribution in [0.1, 0.15) is 65.6 Å². The Bertz CT molecular complexity index is 2190. The van der Waals surface area contributed by atoms with Gasteiger partial charge in [-0.05, 0) is 60.0 Å². The maximum atomic E-state index is 17.2. The van der Waals surface area contributed by atoms with Crippen LogP contribution < -0.4 is 9.64 Å². The second-order valence-electron chi connectivity index (χ2n) is 14.3. The van der Waals surface area contributed by atoms with E-state index in [1.54, 1.807) is 30.0 Å². The van der Waals surface area contributed by atoms with Gasteiger partial charge in [-0.1, -0.05) is 53.5 Å². The smallest absolute Gasteiger partial charge is 0.249 e. The first-order valence-electron chi connectivity index (χ1n) is 17.2. The van der Waals surface area contributed by atoms with Crippen molar-refractivity contribution in [3.63, 3.8) is 0 Å². The van der Waals surface area contributed by atoms with Gasteiger partial charge in [-0.3, -0.25) is 0 Å². The maximum absolute atomic E-state index is 17.2. The van der Waals surface area contributed by atoms with Gasteiger partial charge < -0.3 is 14.4 Å². The lowest BCUT2D eigenvalue weighted by Crippen LogP contribution is -2.43. The van der Waals surface area contributed by atoms with Crippen molar-refractivity contribution in [2.45, 2.75) is 83.1 Å². The largest absolute Gasteiger partial charge is 0.468 e. The van der Waals surface area contributed by atoms with E-state index in [1.807, 2.05) is 0 Å². The van der Waals surface area contributed by atoms with Gasteiger partial charge in [0.05, 0.1) is 28.6 Å². The number of benzene rings is 2. The van der Waals surface area contributed by atoms with E-state index in [0.717, 1.165) is 6.26 Å². The van der Waals surface area contributed by atoms with Gasteiger partial charge in [0, 0.05) is 37.4 Å². The summed E-state index contributed by atoms with van der Waals surface area (Å²) in [6.07, 6.45) is 2.33. The Morgan fingerprint density at radius 2 is 1.73 bits per heavy atom. The van der Waals surface area contributed by atoms with Crippen molar-refractivity contribution < 1.29 is 26.7 Å². The summed E-state index contributed by atoms with van der Waals surface area (Å²) in [5, 5.41) is 10.2. The molecule has 1 aliphatic rings. The highest BCUT2D eigenvalue weighted by Gasteiger charge is 2.42. The molecule has 1 saturated heterocycles. The Morgan fingerprint density at radius 3 is 2.33 bits per heavy atom. The molecule has 51 heavy (non-hydrogen) atoms. The zero-order valence-electron chi connectivity index (χ0n) is 30.7. The van der Waals surface area contributed by atoms with Crippen LogP contribution >= 0.6 is 0 Å². The molecule has 9 nitrogen and oxygen atoms in total. The third-order valence-electron chi connectivity index (χ3n) is 10.1. The molecule has 1 fully saturated rings. The lowest BCUT2D eigenvalue weighted by Gasteiger charge is -2.38. The number of hydrogen-bond acceptors (Lipinski definition) is 9. The van der Waals surface area contributed by atoms with Crippen LogP contribution in [0.5, 0.6) is 5.75 Å². The summed E-state index contributed by atoms with van der Waals surface area (Å²) in [4.78, 5) is 15.2. The van der Waals surface area contributed by atoms with E-state index in [1.165, 1.54) is 13.2 Å². The number of nitriles is 1. The number of ether oxygens (including phenoxy) is 2. The van der Waals surface area contributed by atoms with Crippen LogP contribution in [0.15, 0.2) is 29.4 Å². The van der Waals surface area contributed by atoms with Crippen LogP contribution in [0, 0.1) is 47.3 Å². The van der Waals surface area contributed by atoms with E-state index >= 15 is 8.78 Å². The number of anilines is 1. The number of hydrogen-bond donors (Lipinski definition) is 0. The Labute approximate surface area is 300 Å². The summed E-state index contributed by atoms with van der Waals surface area (Å²) in [5.74, 6) is 2.03. The average Bonchev–Trinajstić information content (AvgIpc) is 3.08. The first-order valence-corrected chi connectivity index (χ1v) is 21.3. The summed E-state index contributed by atoms with van der Waals surface area (Å²) in [7, 11) is -4.82. The molecule has 13 heteroatoms. The van der Waals surface area contributed by atoms with E-state index in [0.29, 0.717) is 64.8 Å². The van der Waals surface area contributed by atoms with Gasteiger partial charge in [0.2, 0.25) is 15.0 Å². The fraction of sp³-hybridized carbons (Fsp3) is 0.474. The van der Waals surface area contributed by atoms with Crippen LogP contribution in [-0.2, 0) is 14.6 Å². The number of pyridine rings is 1. The number of sulfone groups is 1. The second kappa shape index (κ2) is 14.8.